The number of ether oxygens (including phenoxy) is 1. The first-order chi connectivity index (χ1) is 18.3. The van der Waals surface area contributed by atoms with Crippen molar-refractivity contribution in [3.63, 3.8) is 0 Å². The maximum absolute atomic E-state index is 13.3. The zero-order valence-electron chi connectivity index (χ0n) is 21.1. The van der Waals surface area contributed by atoms with Crippen molar-refractivity contribution in [3.8, 4) is 11.8 Å². The molecule has 0 radical (unpaired) electrons. The van der Waals surface area contributed by atoms with Gasteiger partial charge >= 0.3 is 0 Å². The number of methoxy groups -OCH3 is 1. The number of benzene rings is 2. The number of nitriles is 1. The van der Waals surface area contributed by atoms with Gasteiger partial charge in [-0.05, 0) is 55.5 Å². The zero-order chi connectivity index (χ0) is 27.0. The molecule has 1 aliphatic carbocycles. The Morgan fingerprint density at radius 1 is 1.21 bits per heavy atom. The number of hydrogen-bond donors (Lipinski definition) is 4. The number of hydrogen-bond acceptors (Lipinski definition) is 5. The van der Waals surface area contributed by atoms with Gasteiger partial charge < -0.3 is 25.7 Å². The minimum Gasteiger partial charge on any atom is -0.496 e. The lowest BCUT2D eigenvalue weighted by Gasteiger charge is -2.21. The Labute approximate surface area is 224 Å². The summed E-state index contributed by atoms with van der Waals surface area (Å²) in [6, 6.07) is 11.0. The van der Waals surface area contributed by atoms with E-state index >= 15 is 0 Å². The summed E-state index contributed by atoms with van der Waals surface area (Å²) in [5.74, 6) is -0.843. The number of amides is 3. The van der Waals surface area contributed by atoms with Gasteiger partial charge in [0.1, 0.15) is 23.5 Å². The van der Waals surface area contributed by atoms with Gasteiger partial charge in [-0.3, -0.25) is 14.4 Å². The molecule has 2 aromatic carbocycles. The third kappa shape index (κ3) is 5.04. The van der Waals surface area contributed by atoms with Crippen molar-refractivity contribution in [2.24, 2.45) is 5.92 Å². The van der Waals surface area contributed by atoms with Gasteiger partial charge in [-0.2, -0.15) is 5.26 Å². The van der Waals surface area contributed by atoms with E-state index in [2.05, 4.69) is 27.0 Å². The predicted molar refractivity (Wildman–Crippen MR) is 143 cm³/mol. The highest BCUT2D eigenvalue weighted by Crippen LogP contribution is 2.42. The van der Waals surface area contributed by atoms with Gasteiger partial charge in [-0.25, -0.2) is 0 Å². The molecule has 1 aromatic heterocycles. The smallest absolute Gasteiger partial charge is 0.268 e. The Morgan fingerprint density at radius 3 is 2.71 bits per heavy atom. The first-order valence-electron chi connectivity index (χ1n) is 12.6. The van der Waals surface area contributed by atoms with Crippen LogP contribution in [0.2, 0.25) is 5.02 Å². The molecule has 5 rings (SSSR count). The molecular formula is C28H28ClN5O4. The fraction of sp³-hybridized carbons (Fsp3) is 0.357. The number of H-pyrrole nitrogens is 1. The quantitative estimate of drug-likeness (QED) is 0.327. The number of halogens is 1. The third-order valence-electron chi connectivity index (χ3n) is 7.23. The number of aryl methyl sites for hydroxylation is 1. The van der Waals surface area contributed by atoms with Crippen LogP contribution < -0.4 is 20.7 Å². The van der Waals surface area contributed by atoms with Crippen LogP contribution in [0.15, 0.2) is 36.4 Å². The van der Waals surface area contributed by atoms with Gasteiger partial charge in [0.05, 0.1) is 19.1 Å². The van der Waals surface area contributed by atoms with E-state index in [-0.39, 0.29) is 12.3 Å². The first kappa shape index (κ1) is 25.6. The summed E-state index contributed by atoms with van der Waals surface area (Å²) in [7, 11) is 1.56. The summed E-state index contributed by atoms with van der Waals surface area (Å²) in [4.78, 5) is 42.2. The SMILES string of the molecule is COc1cccc2[nH]c(C(=O)NC(CC3CC3)C(=O)NC(C#N)CC3C(=O)Nc4c(C)ccc(Cl)c43)cc12. The van der Waals surface area contributed by atoms with Crippen molar-refractivity contribution in [2.45, 2.75) is 50.6 Å². The molecule has 10 heteroatoms. The maximum Gasteiger partial charge on any atom is 0.268 e. The van der Waals surface area contributed by atoms with E-state index in [1.165, 1.54) is 0 Å². The summed E-state index contributed by atoms with van der Waals surface area (Å²) in [5.41, 5.74) is 3.22. The highest BCUT2D eigenvalue weighted by atomic mass is 35.5. The van der Waals surface area contributed by atoms with Crippen molar-refractivity contribution in [1.29, 1.82) is 5.26 Å². The van der Waals surface area contributed by atoms with Crippen molar-refractivity contribution in [1.82, 2.24) is 15.6 Å². The number of nitrogens with one attached hydrogen (secondary N) is 4. The van der Waals surface area contributed by atoms with Crippen LogP contribution in [-0.4, -0.2) is 41.9 Å². The second-order valence-corrected chi connectivity index (χ2v) is 10.3. The Balaban J connectivity index is 1.30. The summed E-state index contributed by atoms with van der Waals surface area (Å²) in [6.07, 6.45) is 2.51. The number of carbonyl (C=O) groups excluding carboxylic acids is 3. The topological polar surface area (TPSA) is 136 Å². The van der Waals surface area contributed by atoms with Crippen LogP contribution in [0.1, 0.15) is 53.2 Å². The van der Waals surface area contributed by atoms with Crippen molar-refractivity contribution >= 4 is 45.9 Å². The van der Waals surface area contributed by atoms with E-state index in [9.17, 15) is 19.6 Å². The molecular weight excluding hydrogens is 506 g/mol. The van der Waals surface area contributed by atoms with E-state index in [0.29, 0.717) is 40.1 Å². The summed E-state index contributed by atoms with van der Waals surface area (Å²) >= 11 is 6.39. The summed E-state index contributed by atoms with van der Waals surface area (Å²) in [6.45, 7) is 1.87. The van der Waals surface area contributed by atoms with Gasteiger partial charge in [0.25, 0.3) is 5.91 Å². The first-order valence-corrected chi connectivity index (χ1v) is 12.9. The Hall–Kier alpha value is -4.03. The second kappa shape index (κ2) is 10.4. The molecule has 3 unspecified atom stereocenters. The maximum atomic E-state index is 13.3. The monoisotopic (exact) mass is 533 g/mol. The highest BCUT2D eigenvalue weighted by molar-refractivity contribution is 6.33. The van der Waals surface area contributed by atoms with E-state index < -0.39 is 29.8 Å². The van der Waals surface area contributed by atoms with Crippen LogP contribution in [0.4, 0.5) is 5.69 Å². The molecule has 3 amide bonds. The van der Waals surface area contributed by atoms with Crippen molar-refractivity contribution in [3.05, 3.63) is 58.2 Å². The number of fused-ring (bicyclic) bond motifs is 2. The molecule has 2 heterocycles. The number of rotatable bonds is 9. The molecule has 4 N–H and O–H groups in total. The van der Waals surface area contributed by atoms with Gasteiger partial charge in [0.2, 0.25) is 11.8 Å². The van der Waals surface area contributed by atoms with Crippen molar-refractivity contribution < 1.29 is 19.1 Å². The Morgan fingerprint density at radius 2 is 2.00 bits per heavy atom. The number of nitrogens with zero attached hydrogens (tertiary/aromatic N) is 1. The lowest BCUT2D eigenvalue weighted by Crippen LogP contribution is -2.50. The predicted octanol–water partition coefficient (Wildman–Crippen LogP) is 4.17. The third-order valence-corrected chi connectivity index (χ3v) is 7.56. The van der Waals surface area contributed by atoms with Crippen LogP contribution >= 0.6 is 11.6 Å². The van der Waals surface area contributed by atoms with Crippen molar-refractivity contribution in [2.75, 3.05) is 12.4 Å². The molecule has 1 fully saturated rings. The normalized spacial score (nSPS) is 17.7. The Kier molecular flexibility index (Phi) is 7.00. The number of carbonyl (C=O) groups is 3. The van der Waals surface area contributed by atoms with E-state index in [1.807, 2.05) is 25.1 Å². The minimum absolute atomic E-state index is 0.0656. The van der Waals surface area contributed by atoms with Crippen LogP contribution in [0.5, 0.6) is 5.75 Å². The van der Waals surface area contributed by atoms with Crippen LogP contribution in [0.3, 0.4) is 0 Å². The molecule has 0 bridgehead atoms. The molecule has 1 saturated carbocycles. The van der Waals surface area contributed by atoms with E-state index in [0.717, 1.165) is 29.3 Å². The second-order valence-electron chi connectivity index (χ2n) is 9.93. The molecule has 0 spiro atoms. The molecule has 196 valence electrons. The summed E-state index contributed by atoms with van der Waals surface area (Å²) in [5, 5.41) is 19.4. The average Bonchev–Trinajstić information content (AvgIpc) is 3.51. The van der Waals surface area contributed by atoms with Gasteiger partial charge in [0.15, 0.2) is 0 Å². The standard InChI is InChI=1S/C28H28ClN5O4/c1-14-6-9-19(29)24-18(26(35)34-25(14)24)11-16(13-30)31-27(36)21(10-15-7-8-15)33-28(37)22-12-17-20(32-22)4-3-5-23(17)38-2/h3-6,9,12,15-16,18,21,32H,7-8,10-11H2,1-2H3,(H,31,36)(H,33,37)(H,34,35). The number of anilines is 1. The van der Waals surface area contributed by atoms with Gasteiger partial charge in [-0.1, -0.05) is 36.6 Å². The van der Waals surface area contributed by atoms with Crippen LogP contribution in [0.25, 0.3) is 10.9 Å². The number of aromatic amines is 1. The fourth-order valence-electron chi connectivity index (χ4n) is 5.01. The van der Waals surface area contributed by atoms with Gasteiger partial charge in [0, 0.05) is 27.2 Å². The molecule has 3 atom stereocenters. The average molecular weight is 534 g/mol. The molecule has 2 aliphatic rings. The van der Waals surface area contributed by atoms with E-state index in [1.54, 1.807) is 25.3 Å². The lowest BCUT2D eigenvalue weighted by molar-refractivity contribution is -0.124. The minimum atomic E-state index is -0.947. The molecule has 9 nitrogen and oxygen atoms in total. The fourth-order valence-corrected chi connectivity index (χ4v) is 5.30. The molecule has 1 aliphatic heterocycles. The van der Waals surface area contributed by atoms with Crippen LogP contribution in [0, 0.1) is 24.2 Å². The number of aromatic nitrogens is 1. The molecule has 3 aromatic rings. The van der Waals surface area contributed by atoms with Crippen LogP contribution in [-0.2, 0) is 9.59 Å². The zero-order valence-corrected chi connectivity index (χ0v) is 21.8. The lowest BCUT2D eigenvalue weighted by atomic mass is 9.92. The molecule has 38 heavy (non-hydrogen) atoms. The largest absolute Gasteiger partial charge is 0.496 e. The Bertz CT molecular complexity index is 1470. The molecule has 0 saturated heterocycles. The van der Waals surface area contributed by atoms with Gasteiger partial charge in [-0.15, -0.1) is 0 Å². The summed E-state index contributed by atoms with van der Waals surface area (Å²) < 4.78 is 5.37. The van der Waals surface area contributed by atoms with E-state index in [4.69, 9.17) is 16.3 Å². The highest BCUT2D eigenvalue weighted by Gasteiger charge is 2.37.